The van der Waals surface area contributed by atoms with Crippen LogP contribution in [0.25, 0.3) is 0 Å². The molecule has 0 fully saturated rings. The van der Waals surface area contributed by atoms with Crippen LogP contribution < -0.4 is 0 Å². The molecule has 0 aromatic carbocycles. The fourth-order valence-corrected chi connectivity index (χ4v) is 0.860. The SMILES string of the molecule is CC(C)c1[nH]ncc1[N+](=O)[O-]. The Bertz CT molecular complexity index is 267. The summed E-state index contributed by atoms with van der Waals surface area (Å²) >= 11 is 0. The van der Waals surface area contributed by atoms with Crippen molar-refractivity contribution in [2.24, 2.45) is 0 Å². The topological polar surface area (TPSA) is 71.8 Å². The summed E-state index contributed by atoms with van der Waals surface area (Å²) in [6.45, 7) is 3.75. The Balaban J connectivity index is 3.06. The van der Waals surface area contributed by atoms with E-state index in [1.165, 1.54) is 6.20 Å². The zero-order valence-electron chi connectivity index (χ0n) is 6.37. The number of hydrogen-bond acceptors (Lipinski definition) is 3. The van der Waals surface area contributed by atoms with Gasteiger partial charge in [0.2, 0.25) is 0 Å². The fourth-order valence-electron chi connectivity index (χ4n) is 0.860. The number of aromatic amines is 1. The first-order chi connectivity index (χ1) is 5.13. The number of rotatable bonds is 2. The lowest BCUT2D eigenvalue weighted by molar-refractivity contribution is -0.385. The third-order valence-electron chi connectivity index (χ3n) is 1.42. The van der Waals surface area contributed by atoms with Crippen LogP contribution in [0.4, 0.5) is 5.69 Å². The molecular formula is C6H9N3O2. The van der Waals surface area contributed by atoms with E-state index in [1.54, 1.807) is 0 Å². The molecule has 0 aliphatic rings. The maximum atomic E-state index is 10.3. The molecule has 0 radical (unpaired) electrons. The van der Waals surface area contributed by atoms with Crippen LogP contribution in [0.15, 0.2) is 6.20 Å². The van der Waals surface area contributed by atoms with Crippen LogP contribution in [0, 0.1) is 10.1 Å². The molecule has 11 heavy (non-hydrogen) atoms. The summed E-state index contributed by atoms with van der Waals surface area (Å²) in [6.07, 6.45) is 1.23. The summed E-state index contributed by atoms with van der Waals surface area (Å²) in [5.41, 5.74) is 0.648. The molecule has 0 spiro atoms. The van der Waals surface area contributed by atoms with E-state index in [9.17, 15) is 10.1 Å². The molecule has 5 nitrogen and oxygen atoms in total. The minimum atomic E-state index is -0.432. The van der Waals surface area contributed by atoms with Gasteiger partial charge in [-0.2, -0.15) is 5.10 Å². The van der Waals surface area contributed by atoms with Crippen LogP contribution in [0.2, 0.25) is 0 Å². The van der Waals surface area contributed by atoms with Crippen molar-refractivity contribution in [3.8, 4) is 0 Å². The highest BCUT2D eigenvalue weighted by Crippen LogP contribution is 2.22. The van der Waals surface area contributed by atoms with Gasteiger partial charge in [-0.1, -0.05) is 13.8 Å². The predicted octanol–water partition coefficient (Wildman–Crippen LogP) is 1.44. The largest absolute Gasteiger partial charge is 0.310 e. The summed E-state index contributed by atoms with van der Waals surface area (Å²) in [7, 11) is 0. The lowest BCUT2D eigenvalue weighted by Crippen LogP contribution is -1.94. The van der Waals surface area contributed by atoms with Crippen LogP contribution in [-0.4, -0.2) is 15.1 Å². The lowest BCUT2D eigenvalue weighted by atomic mass is 10.1. The third-order valence-corrected chi connectivity index (χ3v) is 1.42. The zero-order valence-corrected chi connectivity index (χ0v) is 6.37. The van der Waals surface area contributed by atoms with Crippen molar-refractivity contribution in [2.45, 2.75) is 19.8 Å². The second kappa shape index (κ2) is 2.69. The number of hydrogen-bond donors (Lipinski definition) is 1. The number of aromatic nitrogens is 2. The van der Waals surface area contributed by atoms with Crippen molar-refractivity contribution >= 4 is 5.69 Å². The molecule has 0 saturated carbocycles. The molecular weight excluding hydrogens is 146 g/mol. The highest BCUT2D eigenvalue weighted by atomic mass is 16.6. The summed E-state index contributed by atoms with van der Waals surface area (Å²) in [6, 6.07) is 0. The quantitative estimate of drug-likeness (QED) is 0.518. The van der Waals surface area contributed by atoms with Gasteiger partial charge in [0, 0.05) is 5.92 Å². The minimum Gasteiger partial charge on any atom is -0.275 e. The molecule has 1 rings (SSSR count). The smallest absolute Gasteiger partial charge is 0.275 e. The van der Waals surface area contributed by atoms with Gasteiger partial charge in [-0.15, -0.1) is 0 Å². The van der Waals surface area contributed by atoms with Crippen molar-refractivity contribution in [2.75, 3.05) is 0 Å². The van der Waals surface area contributed by atoms with Crippen molar-refractivity contribution in [3.05, 3.63) is 22.0 Å². The standard InChI is InChI=1S/C6H9N3O2/c1-4(2)6-5(9(10)11)3-7-8-6/h3-4H,1-2H3,(H,7,8). The molecule has 0 aliphatic carbocycles. The molecule has 1 N–H and O–H groups in total. The Labute approximate surface area is 63.6 Å². The zero-order chi connectivity index (χ0) is 8.43. The minimum absolute atomic E-state index is 0.0694. The average Bonchev–Trinajstić information content (AvgIpc) is 2.32. The Morgan fingerprint density at radius 2 is 2.36 bits per heavy atom. The second-order valence-corrected chi connectivity index (χ2v) is 2.58. The number of nitrogens with zero attached hydrogens (tertiary/aromatic N) is 2. The van der Waals surface area contributed by atoms with Crippen LogP contribution in [-0.2, 0) is 0 Å². The molecule has 0 bridgehead atoms. The molecule has 0 amide bonds. The van der Waals surface area contributed by atoms with E-state index >= 15 is 0 Å². The van der Waals surface area contributed by atoms with Gasteiger partial charge >= 0.3 is 5.69 Å². The van der Waals surface area contributed by atoms with Crippen LogP contribution in [0.5, 0.6) is 0 Å². The molecule has 0 atom stereocenters. The molecule has 60 valence electrons. The number of nitro groups is 1. The molecule has 0 aliphatic heterocycles. The molecule has 5 heteroatoms. The first kappa shape index (κ1) is 7.71. The molecule has 0 unspecified atom stereocenters. The van der Waals surface area contributed by atoms with E-state index in [-0.39, 0.29) is 11.6 Å². The average molecular weight is 155 g/mol. The molecule has 1 aromatic heterocycles. The highest BCUT2D eigenvalue weighted by molar-refractivity contribution is 5.33. The van der Waals surface area contributed by atoms with Crippen molar-refractivity contribution < 1.29 is 4.92 Å². The third kappa shape index (κ3) is 1.36. The van der Waals surface area contributed by atoms with Crippen LogP contribution in [0.3, 0.4) is 0 Å². The van der Waals surface area contributed by atoms with Crippen molar-refractivity contribution in [1.29, 1.82) is 0 Å². The summed E-state index contributed by atoms with van der Waals surface area (Å²) < 4.78 is 0. The van der Waals surface area contributed by atoms with E-state index in [0.29, 0.717) is 5.69 Å². The highest BCUT2D eigenvalue weighted by Gasteiger charge is 2.17. The van der Waals surface area contributed by atoms with E-state index in [0.717, 1.165) is 0 Å². The van der Waals surface area contributed by atoms with Gasteiger partial charge < -0.3 is 0 Å². The van der Waals surface area contributed by atoms with E-state index < -0.39 is 4.92 Å². The van der Waals surface area contributed by atoms with Crippen LogP contribution >= 0.6 is 0 Å². The molecule has 1 heterocycles. The van der Waals surface area contributed by atoms with Gasteiger partial charge in [0.25, 0.3) is 0 Å². The van der Waals surface area contributed by atoms with Crippen LogP contribution in [0.1, 0.15) is 25.5 Å². The molecule has 0 saturated heterocycles. The van der Waals surface area contributed by atoms with Crippen molar-refractivity contribution in [3.63, 3.8) is 0 Å². The van der Waals surface area contributed by atoms with Gasteiger partial charge in [-0.25, -0.2) is 0 Å². The first-order valence-corrected chi connectivity index (χ1v) is 3.30. The Hall–Kier alpha value is -1.39. The van der Waals surface area contributed by atoms with E-state index in [4.69, 9.17) is 0 Å². The summed E-state index contributed by atoms with van der Waals surface area (Å²) in [5.74, 6) is 0.109. The van der Waals surface area contributed by atoms with Gasteiger partial charge in [0.1, 0.15) is 11.9 Å². The fraction of sp³-hybridized carbons (Fsp3) is 0.500. The summed E-state index contributed by atoms with van der Waals surface area (Å²) in [5, 5.41) is 16.5. The maximum Gasteiger partial charge on any atom is 0.310 e. The molecule has 1 aromatic rings. The van der Waals surface area contributed by atoms with Gasteiger partial charge in [-0.3, -0.25) is 15.2 Å². The normalized spacial score (nSPS) is 10.5. The van der Waals surface area contributed by atoms with E-state index in [2.05, 4.69) is 10.2 Å². The van der Waals surface area contributed by atoms with Gasteiger partial charge in [-0.05, 0) is 0 Å². The second-order valence-electron chi connectivity index (χ2n) is 2.58. The summed E-state index contributed by atoms with van der Waals surface area (Å²) in [4.78, 5) is 9.90. The maximum absolute atomic E-state index is 10.3. The lowest BCUT2D eigenvalue weighted by Gasteiger charge is -1.97. The number of H-pyrrole nitrogens is 1. The van der Waals surface area contributed by atoms with Gasteiger partial charge in [0.15, 0.2) is 0 Å². The Kier molecular flexibility index (Phi) is 1.89. The Morgan fingerprint density at radius 1 is 1.73 bits per heavy atom. The van der Waals surface area contributed by atoms with E-state index in [1.807, 2.05) is 13.8 Å². The number of nitrogens with one attached hydrogen (secondary N) is 1. The Morgan fingerprint density at radius 3 is 2.73 bits per heavy atom. The monoisotopic (exact) mass is 155 g/mol. The first-order valence-electron chi connectivity index (χ1n) is 3.30. The predicted molar refractivity (Wildman–Crippen MR) is 39.3 cm³/mol. The van der Waals surface area contributed by atoms with Crippen molar-refractivity contribution in [1.82, 2.24) is 10.2 Å². The van der Waals surface area contributed by atoms with Gasteiger partial charge in [0.05, 0.1) is 4.92 Å².